The predicted molar refractivity (Wildman–Crippen MR) is 94.0 cm³/mol. The maximum Gasteiger partial charge on any atom is 0.265 e. The largest absolute Gasteiger partial charge is 0.492 e. The van der Waals surface area contributed by atoms with Gasteiger partial charge >= 0.3 is 0 Å². The van der Waals surface area contributed by atoms with Crippen molar-refractivity contribution in [2.24, 2.45) is 0 Å². The number of benzene rings is 2. The molecule has 25 heavy (non-hydrogen) atoms. The van der Waals surface area contributed by atoms with Crippen LogP contribution in [0.2, 0.25) is 0 Å². The fourth-order valence-corrected chi connectivity index (χ4v) is 4.06. The molecule has 2 rings (SSSR count). The summed E-state index contributed by atoms with van der Waals surface area (Å²) < 4.78 is 45.7. The molecule has 0 amide bonds. The summed E-state index contributed by atoms with van der Waals surface area (Å²) in [6.07, 6.45) is 0. The Hall–Kier alpha value is -2.12. The molecule has 0 aliphatic heterocycles. The highest BCUT2D eigenvalue weighted by Crippen LogP contribution is 2.34. The number of para-hydroxylation sites is 2. The first-order valence-corrected chi connectivity index (χ1v) is 9.32. The average Bonchev–Trinajstić information content (AvgIpc) is 2.57. The molecule has 0 aromatic heterocycles. The van der Waals surface area contributed by atoms with E-state index in [9.17, 15) is 17.6 Å². The van der Waals surface area contributed by atoms with Gasteiger partial charge in [-0.2, -0.15) is 0 Å². The molecule has 1 unspecified atom stereocenters. The molecule has 0 fully saturated rings. The topological polar surface area (TPSA) is 63.7 Å². The van der Waals surface area contributed by atoms with E-state index in [-0.39, 0.29) is 10.6 Å². The summed E-state index contributed by atoms with van der Waals surface area (Å²) in [4.78, 5) is 11.6. The van der Waals surface area contributed by atoms with E-state index in [1.807, 2.05) is 0 Å². The fourth-order valence-electron chi connectivity index (χ4n) is 2.28. The van der Waals surface area contributed by atoms with Crippen molar-refractivity contribution in [3.05, 3.63) is 54.3 Å². The summed E-state index contributed by atoms with van der Waals surface area (Å²) >= 11 is 5.58. The molecule has 8 heteroatoms. The number of carbonyl (C=O) groups excluding carboxylic acids is 1. The van der Waals surface area contributed by atoms with Crippen molar-refractivity contribution >= 4 is 32.6 Å². The highest BCUT2D eigenvalue weighted by atomic mass is 35.5. The van der Waals surface area contributed by atoms with Gasteiger partial charge in [0.25, 0.3) is 10.0 Å². The zero-order chi connectivity index (χ0) is 18.6. The lowest BCUT2D eigenvalue weighted by molar-refractivity contribution is -0.112. The van der Waals surface area contributed by atoms with E-state index in [1.165, 1.54) is 13.0 Å². The van der Waals surface area contributed by atoms with E-state index in [1.54, 1.807) is 25.1 Å². The maximum atomic E-state index is 13.1. The summed E-state index contributed by atoms with van der Waals surface area (Å²) in [5, 5.41) is -0.850. The van der Waals surface area contributed by atoms with E-state index in [0.29, 0.717) is 12.4 Å². The van der Waals surface area contributed by atoms with Crippen molar-refractivity contribution in [1.29, 1.82) is 0 Å². The Kier molecular flexibility index (Phi) is 6.02. The quantitative estimate of drug-likeness (QED) is 0.683. The molecule has 1 atom stereocenters. The molecule has 0 bridgehead atoms. The molecule has 0 aliphatic carbocycles. The van der Waals surface area contributed by atoms with Gasteiger partial charge in [0.2, 0.25) is 5.24 Å². The number of hydrogen-bond donors (Lipinski definition) is 0. The smallest absolute Gasteiger partial charge is 0.265 e. The van der Waals surface area contributed by atoms with Crippen LogP contribution in [0.15, 0.2) is 53.4 Å². The van der Waals surface area contributed by atoms with Crippen molar-refractivity contribution < 1.29 is 22.3 Å². The standard InChI is InChI=1S/C17H17ClFNO4S/c1-3-24-16-7-5-4-6-15(16)20(12(2)17(18)21)25(22,23)14-10-8-13(19)9-11-14/h4-12H,3H2,1-2H3. The van der Waals surface area contributed by atoms with E-state index in [2.05, 4.69) is 0 Å². The van der Waals surface area contributed by atoms with Gasteiger partial charge in [-0.05, 0) is 61.8 Å². The van der Waals surface area contributed by atoms with Gasteiger partial charge in [-0.15, -0.1) is 0 Å². The van der Waals surface area contributed by atoms with Gasteiger partial charge in [0.15, 0.2) is 0 Å². The number of nitrogens with zero attached hydrogens (tertiary/aromatic N) is 1. The molecular formula is C17H17ClFNO4S. The number of sulfonamides is 1. The number of hydrogen-bond acceptors (Lipinski definition) is 4. The Balaban J connectivity index is 2.65. The van der Waals surface area contributed by atoms with Crippen LogP contribution in [0.5, 0.6) is 5.75 Å². The minimum atomic E-state index is -4.17. The molecule has 0 N–H and O–H groups in total. The molecular weight excluding hydrogens is 369 g/mol. The van der Waals surface area contributed by atoms with Crippen LogP contribution in [0.3, 0.4) is 0 Å². The Morgan fingerprint density at radius 2 is 1.80 bits per heavy atom. The molecule has 0 spiro atoms. The average molecular weight is 386 g/mol. The summed E-state index contributed by atoms with van der Waals surface area (Å²) in [5.74, 6) is -0.276. The summed E-state index contributed by atoms with van der Waals surface area (Å²) in [6, 6.07) is 9.57. The zero-order valence-electron chi connectivity index (χ0n) is 13.6. The van der Waals surface area contributed by atoms with Gasteiger partial charge in [0.05, 0.1) is 17.2 Å². The fraction of sp³-hybridized carbons (Fsp3) is 0.235. The van der Waals surface area contributed by atoms with Gasteiger partial charge < -0.3 is 4.74 Å². The molecule has 5 nitrogen and oxygen atoms in total. The van der Waals surface area contributed by atoms with Crippen LogP contribution in [-0.2, 0) is 14.8 Å². The van der Waals surface area contributed by atoms with Gasteiger partial charge in [0.1, 0.15) is 17.6 Å². The molecule has 0 aliphatic rings. The van der Waals surface area contributed by atoms with E-state index < -0.39 is 27.1 Å². The summed E-state index contributed by atoms with van der Waals surface area (Å²) in [7, 11) is -4.17. The van der Waals surface area contributed by atoms with Crippen molar-refractivity contribution in [3.8, 4) is 5.75 Å². The molecule has 0 saturated heterocycles. The normalized spacial score (nSPS) is 12.5. The maximum absolute atomic E-state index is 13.1. The second kappa shape index (κ2) is 7.84. The molecule has 2 aromatic rings. The van der Waals surface area contributed by atoms with Crippen LogP contribution in [0.25, 0.3) is 0 Å². The third-order valence-corrected chi connectivity index (χ3v) is 5.67. The number of halogens is 2. The van der Waals surface area contributed by atoms with Crippen LogP contribution in [-0.4, -0.2) is 26.3 Å². The Morgan fingerprint density at radius 1 is 1.20 bits per heavy atom. The lowest BCUT2D eigenvalue weighted by Gasteiger charge is -2.29. The van der Waals surface area contributed by atoms with Crippen LogP contribution in [0.4, 0.5) is 10.1 Å². The van der Waals surface area contributed by atoms with E-state index in [4.69, 9.17) is 16.3 Å². The molecule has 2 aromatic carbocycles. The van der Waals surface area contributed by atoms with Crippen LogP contribution >= 0.6 is 11.6 Å². The first-order valence-electron chi connectivity index (χ1n) is 7.50. The minimum absolute atomic E-state index is 0.162. The molecule has 134 valence electrons. The number of rotatable bonds is 7. The first-order chi connectivity index (χ1) is 11.8. The van der Waals surface area contributed by atoms with Crippen LogP contribution < -0.4 is 9.04 Å². The Morgan fingerprint density at radius 3 is 2.36 bits per heavy atom. The van der Waals surface area contributed by atoms with Crippen molar-refractivity contribution in [2.45, 2.75) is 24.8 Å². The highest BCUT2D eigenvalue weighted by molar-refractivity contribution is 7.93. The second-order valence-corrected chi connectivity index (χ2v) is 7.32. The Labute approximate surface area is 151 Å². The number of anilines is 1. The van der Waals surface area contributed by atoms with Gasteiger partial charge in [0, 0.05) is 0 Å². The van der Waals surface area contributed by atoms with Gasteiger partial charge in [-0.3, -0.25) is 9.10 Å². The lowest BCUT2D eigenvalue weighted by Crippen LogP contribution is -2.42. The second-order valence-electron chi connectivity index (χ2n) is 5.14. The minimum Gasteiger partial charge on any atom is -0.492 e. The van der Waals surface area contributed by atoms with Gasteiger partial charge in [-0.25, -0.2) is 12.8 Å². The van der Waals surface area contributed by atoms with Crippen LogP contribution in [0.1, 0.15) is 13.8 Å². The van der Waals surface area contributed by atoms with Crippen molar-refractivity contribution in [3.63, 3.8) is 0 Å². The van der Waals surface area contributed by atoms with Crippen molar-refractivity contribution in [1.82, 2.24) is 0 Å². The number of carbonyl (C=O) groups is 1. The monoisotopic (exact) mass is 385 g/mol. The third kappa shape index (κ3) is 4.11. The third-order valence-electron chi connectivity index (χ3n) is 3.45. The lowest BCUT2D eigenvalue weighted by atomic mass is 10.2. The van der Waals surface area contributed by atoms with Crippen LogP contribution in [0, 0.1) is 5.82 Å². The molecule has 0 saturated carbocycles. The molecule has 0 heterocycles. The van der Waals surface area contributed by atoms with Gasteiger partial charge in [-0.1, -0.05) is 12.1 Å². The summed E-state index contributed by atoms with van der Waals surface area (Å²) in [6.45, 7) is 3.44. The SMILES string of the molecule is CCOc1ccccc1N(C(C)C(=O)Cl)S(=O)(=O)c1ccc(F)cc1. The highest BCUT2D eigenvalue weighted by Gasteiger charge is 2.34. The Bertz CT molecular complexity index is 855. The zero-order valence-corrected chi connectivity index (χ0v) is 15.2. The summed E-state index contributed by atoms with van der Waals surface area (Å²) in [5.41, 5.74) is 0.176. The van der Waals surface area contributed by atoms with E-state index in [0.717, 1.165) is 28.6 Å². The molecule has 0 radical (unpaired) electrons. The van der Waals surface area contributed by atoms with E-state index >= 15 is 0 Å². The predicted octanol–water partition coefficient (Wildman–Crippen LogP) is 3.57. The first kappa shape index (κ1) is 19.2. The number of ether oxygens (including phenoxy) is 1. The van der Waals surface area contributed by atoms with Crippen molar-refractivity contribution in [2.75, 3.05) is 10.9 Å².